The number of unbranched alkanes of at least 4 members (excludes halogenated alkanes) is 1. The van der Waals surface area contributed by atoms with Crippen LogP contribution in [0.5, 0.6) is 0 Å². The summed E-state index contributed by atoms with van der Waals surface area (Å²) in [5.41, 5.74) is 12.3. The topological polar surface area (TPSA) is 51.3 Å². The minimum absolute atomic E-state index is 0.315. The van der Waals surface area contributed by atoms with Gasteiger partial charge in [0.15, 0.2) is 0 Å². The smallest absolute Gasteiger partial charge is 0.251 e. The number of aromatic nitrogens is 1. The van der Waals surface area contributed by atoms with E-state index in [4.69, 9.17) is 5.73 Å². The molecule has 3 rings (SSSR count). The zero-order chi connectivity index (χ0) is 20.1. The second-order valence-electron chi connectivity index (χ2n) is 8.12. The summed E-state index contributed by atoms with van der Waals surface area (Å²) in [7, 11) is 0. The Morgan fingerprint density at radius 3 is 2.43 bits per heavy atom. The van der Waals surface area contributed by atoms with E-state index in [1.54, 1.807) is 0 Å². The number of hydrogen-bond acceptors (Lipinski definition) is 2. The van der Waals surface area contributed by atoms with Gasteiger partial charge in [0.05, 0.1) is 5.56 Å². The molecule has 4 nitrogen and oxygen atoms in total. The lowest BCUT2D eigenvalue weighted by Crippen LogP contribution is -2.33. The molecule has 2 N–H and O–H groups in total. The van der Waals surface area contributed by atoms with Gasteiger partial charge < -0.3 is 15.2 Å². The maximum absolute atomic E-state index is 12.5. The van der Waals surface area contributed by atoms with Gasteiger partial charge in [0.1, 0.15) is 0 Å². The fourth-order valence-corrected chi connectivity index (χ4v) is 4.57. The largest absolute Gasteiger partial charge is 0.366 e. The first-order valence-electron chi connectivity index (χ1n) is 10.8. The van der Waals surface area contributed by atoms with Crippen LogP contribution in [-0.4, -0.2) is 35.0 Å². The molecule has 2 aromatic rings. The highest BCUT2D eigenvalue weighted by Gasteiger charge is 2.25. The van der Waals surface area contributed by atoms with Gasteiger partial charge in [0.2, 0.25) is 0 Å². The van der Waals surface area contributed by atoms with Crippen molar-refractivity contribution in [3.8, 4) is 11.1 Å². The van der Waals surface area contributed by atoms with Crippen molar-refractivity contribution in [2.75, 3.05) is 19.6 Å². The van der Waals surface area contributed by atoms with Gasteiger partial charge >= 0.3 is 0 Å². The predicted molar refractivity (Wildman–Crippen MR) is 117 cm³/mol. The molecule has 1 aliphatic heterocycles. The zero-order valence-corrected chi connectivity index (χ0v) is 17.8. The normalized spacial score (nSPS) is 15.1. The number of nitrogens with two attached hydrogens (primary N) is 1. The first-order valence-corrected chi connectivity index (χ1v) is 10.8. The van der Waals surface area contributed by atoms with E-state index in [9.17, 15) is 4.79 Å². The Hall–Kier alpha value is -2.07. The van der Waals surface area contributed by atoms with Crippen LogP contribution in [0.3, 0.4) is 0 Å². The maximum atomic E-state index is 12.5. The maximum Gasteiger partial charge on any atom is 0.251 e. The summed E-state index contributed by atoms with van der Waals surface area (Å²) in [6.07, 6.45) is 7.18. The fraction of sp³-hybridized carbons (Fsp3) is 0.542. The number of nitrogens with zero attached hydrogens (tertiary/aromatic N) is 2. The molecule has 1 saturated heterocycles. The van der Waals surface area contributed by atoms with E-state index in [2.05, 4.69) is 54.5 Å². The molecule has 152 valence electrons. The standard InChI is InChI=1S/C24H35N3O/c1-4-5-13-21-23(20-12-8-7-11-18(20)2)22(24(25)28)19(3)27(21)17-16-26-14-9-6-10-15-26/h7-8,11-12H,4-6,9-10,13-17H2,1-3H3,(H2,25,28). The van der Waals surface area contributed by atoms with E-state index < -0.39 is 0 Å². The van der Waals surface area contributed by atoms with Gasteiger partial charge in [-0.3, -0.25) is 4.79 Å². The number of aryl methyl sites for hydroxylation is 1. The molecular weight excluding hydrogens is 346 g/mol. The summed E-state index contributed by atoms with van der Waals surface area (Å²) in [5.74, 6) is -0.315. The van der Waals surface area contributed by atoms with Crippen molar-refractivity contribution in [3.63, 3.8) is 0 Å². The molecule has 1 fully saturated rings. The Kier molecular flexibility index (Phi) is 6.95. The van der Waals surface area contributed by atoms with Gasteiger partial charge in [-0.05, 0) is 63.7 Å². The van der Waals surface area contributed by atoms with Crippen LogP contribution in [0.4, 0.5) is 0 Å². The van der Waals surface area contributed by atoms with E-state index in [1.165, 1.54) is 43.6 Å². The van der Waals surface area contributed by atoms with Gasteiger partial charge in [-0.25, -0.2) is 0 Å². The summed E-state index contributed by atoms with van der Waals surface area (Å²) >= 11 is 0. The molecule has 2 heterocycles. The van der Waals surface area contributed by atoms with Crippen molar-refractivity contribution in [1.82, 2.24) is 9.47 Å². The molecule has 4 heteroatoms. The summed E-state index contributed by atoms with van der Waals surface area (Å²) in [6.45, 7) is 10.8. The van der Waals surface area contributed by atoms with Crippen LogP contribution in [0.1, 0.15) is 66.3 Å². The number of rotatable bonds is 8. The first-order chi connectivity index (χ1) is 13.5. The van der Waals surface area contributed by atoms with E-state index in [1.807, 2.05) is 0 Å². The lowest BCUT2D eigenvalue weighted by Gasteiger charge is -2.27. The zero-order valence-electron chi connectivity index (χ0n) is 17.8. The molecule has 0 saturated carbocycles. The summed E-state index contributed by atoms with van der Waals surface area (Å²) < 4.78 is 2.38. The molecule has 1 amide bonds. The average molecular weight is 382 g/mol. The van der Waals surface area contributed by atoms with Gasteiger partial charge in [-0.15, -0.1) is 0 Å². The van der Waals surface area contributed by atoms with Crippen molar-refractivity contribution in [3.05, 3.63) is 46.8 Å². The molecule has 1 aromatic heterocycles. The molecule has 0 unspecified atom stereocenters. The van der Waals surface area contributed by atoms with Crippen LogP contribution in [0.2, 0.25) is 0 Å². The number of primary amides is 1. The van der Waals surface area contributed by atoms with Crippen LogP contribution in [0.25, 0.3) is 11.1 Å². The van der Waals surface area contributed by atoms with Crippen LogP contribution in [-0.2, 0) is 13.0 Å². The number of carbonyl (C=O) groups excluding carboxylic acids is 1. The van der Waals surface area contributed by atoms with Crippen molar-refractivity contribution >= 4 is 5.91 Å². The third-order valence-electron chi connectivity index (χ3n) is 6.15. The van der Waals surface area contributed by atoms with Crippen LogP contribution < -0.4 is 5.73 Å². The number of likely N-dealkylation sites (tertiary alicyclic amines) is 1. The molecule has 0 spiro atoms. The summed E-state index contributed by atoms with van der Waals surface area (Å²) in [4.78, 5) is 15.0. The highest BCUT2D eigenvalue weighted by atomic mass is 16.1. The van der Waals surface area contributed by atoms with Crippen molar-refractivity contribution in [2.45, 2.75) is 65.8 Å². The van der Waals surface area contributed by atoms with E-state index in [0.717, 1.165) is 49.2 Å². The Morgan fingerprint density at radius 1 is 1.07 bits per heavy atom. The van der Waals surface area contributed by atoms with E-state index in [0.29, 0.717) is 5.56 Å². The van der Waals surface area contributed by atoms with Crippen LogP contribution in [0.15, 0.2) is 24.3 Å². The summed E-state index contributed by atoms with van der Waals surface area (Å²) in [6, 6.07) is 8.34. The molecule has 28 heavy (non-hydrogen) atoms. The van der Waals surface area contributed by atoms with Gasteiger partial charge in [0, 0.05) is 30.0 Å². The third-order valence-corrected chi connectivity index (χ3v) is 6.15. The lowest BCUT2D eigenvalue weighted by molar-refractivity contribution is 0.1000. The fourth-order valence-electron chi connectivity index (χ4n) is 4.57. The number of amides is 1. The molecule has 1 aromatic carbocycles. The van der Waals surface area contributed by atoms with Crippen molar-refractivity contribution < 1.29 is 4.79 Å². The SMILES string of the molecule is CCCCc1c(-c2ccccc2C)c(C(N)=O)c(C)n1CCN1CCCCC1. The highest BCUT2D eigenvalue weighted by molar-refractivity contribution is 6.02. The van der Waals surface area contributed by atoms with Gasteiger partial charge in [0.25, 0.3) is 5.91 Å². The molecule has 0 atom stereocenters. The second-order valence-corrected chi connectivity index (χ2v) is 8.12. The first kappa shape index (κ1) is 20.7. The van der Waals surface area contributed by atoms with E-state index in [-0.39, 0.29) is 5.91 Å². The quantitative estimate of drug-likeness (QED) is 0.720. The minimum Gasteiger partial charge on any atom is -0.366 e. The number of benzene rings is 1. The third kappa shape index (κ3) is 4.33. The lowest BCUT2D eigenvalue weighted by atomic mass is 9.94. The van der Waals surface area contributed by atoms with Gasteiger partial charge in [-0.2, -0.15) is 0 Å². The molecule has 0 radical (unpaired) electrons. The highest BCUT2D eigenvalue weighted by Crippen LogP contribution is 2.35. The number of hydrogen-bond donors (Lipinski definition) is 1. The molecule has 0 bridgehead atoms. The van der Waals surface area contributed by atoms with Gasteiger partial charge in [-0.1, -0.05) is 44.0 Å². The van der Waals surface area contributed by atoms with Crippen molar-refractivity contribution in [2.24, 2.45) is 5.73 Å². The second kappa shape index (κ2) is 9.42. The molecular formula is C24H35N3O. The average Bonchev–Trinajstić information content (AvgIpc) is 2.97. The number of piperidine rings is 1. The Bertz CT molecular complexity index is 815. The monoisotopic (exact) mass is 381 g/mol. The predicted octanol–water partition coefficient (Wildman–Crippen LogP) is 4.70. The van der Waals surface area contributed by atoms with Crippen molar-refractivity contribution in [1.29, 1.82) is 0 Å². The van der Waals surface area contributed by atoms with Crippen LogP contribution >= 0.6 is 0 Å². The number of carbonyl (C=O) groups is 1. The minimum atomic E-state index is -0.315. The molecule has 0 aliphatic carbocycles. The van der Waals surface area contributed by atoms with Crippen LogP contribution in [0, 0.1) is 13.8 Å². The summed E-state index contributed by atoms with van der Waals surface area (Å²) in [5, 5.41) is 0. The Balaban J connectivity index is 2.05. The Labute approximate surface area is 169 Å². The van der Waals surface area contributed by atoms with E-state index >= 15 is 0 Å². The Morgan fingerprint density at radius 2 is 1.79 bits per heavy atom. The molecule has 1 aliphatic rings.